The first kappa shape index (κ1) is 20.1. The van der Waals surface area contributed by atoms with E-state index in [9.17, 15) is 13.2 Å². The lowest BCUT2D eigenvalue weighted by atomic mass is 10.1. The molecule has 1 fully saturated rings. The van der Waals surface area contributed by atoms with Crippen LogP contribution in [0.3, 0.4) is 0 Å². The maximum Gasteiger partial charge on any atom is 0.416 e. The average molecular weight is 441 g/mol. The number of halogens is 4. The number of aliphatic imine (C=N–C) groups is 1. The molecule has 130 valence electrons. The van der Waals surface area contributed by atoms with E-state index in [-0.39, 0.29) is 30.0 Å². The minimum Gasteiger partial charge on any atom is -0.356 e. The van der Waals surface area contributed by atoms with Crippen LogP contribution in [-0.4, -0.2) is 19.6 Å². The van der Waals surface area contributed by atoms with Gasteiger partial charge in [-0.3, -0.25) is 4.99 Å². The molecule has 0 radical (unpaired) electrons. The van der Waals surface area contributed by atoms with Crippen molar-refractivity contribution in [3.63, 3.8) is 0 Å². The van der Waals surface area contributed by atoms with Gasteiger partial charge in [0.05, 0.1) is 11.6 Å². The molecule has 3 nitrogen and oxygen atoms in total. The maximum absolute atomic E-state index is 12.8. The quantitative estimate of drug-likeness (QED) is 0.405. The van der Waals surface area contributed by atoms with Gasteiger partial charge in [0.15, 0.2) is 5.96 Å². The van der Waals surface area contributed by atoms with Crippen molar-refractivity contribution in [2.75, 3.05) is 13.6 Å². The number of alkyl halides is 3. The molecule has 0 spiro atoms. The fourth-order valence-corrected chi connectivity index (χ4v) is 2.27. The molecular weight excluding hydrogens is 418 g/mol. The lowest BCUT2D eigenvalue weighted by Gasteiger charge is -2.19. The number of guanidine groups is 1. The van der Waals surface area contributed by atoms with Gasteiger partial charge in [-0.1, -0.05) is 25.0 Å². The molecule has 0 saturated heterocycles. The van der Waals surface area contributed by atoms with Crippen molar-refractivity contribution in [1.82, 2.24) is 10.6 Å². The Bertz CT molecular complexity index is 528. The average Bonchev–Trinajstić information content (AvgIpc) is 3.29. The molecular formula is C16H23F3IN3. The summed E-state index contributed by atoms with van der Waals surface area (Å²) in [5.74, 6) is 1.44. The standard InChI is InChI=1S/C16H22F3N3.HI/c1-11(13-4-3-5-14(10-13)16(17,18)19)22-15(20-2)21-9-8-12-6-7-12;/h3-5,10-12H,6-9H2,1-2H3,(H2,20,21,22);1H. The maximum atomic E-state index is 12.8. The van der Waals surface area contributed by atoms with Crippen molar-refractivity contribution >= 4 is 29.9 Å². The van der Waals surface area contributed by atoms with Crippen LogP contribution in [0.1, 0.15) is 43.4 Å². The van der Waals surface area contributed by atoms with Crippen LogP contribution in [0.2, 0.25) is 0 Å². The third-order valence-corrected chi connectivity index (χ3v) is 3.83. The summed E-state index contributed by atoms with van der Waals surface area (Å²) in [6.07, 6.45) is -0.610. The zero-order chi connectivity index (χ0) is 16.2. The summed E-state index contributed by atoms with van der Waals surface area (Å²) >= 11 is 0. The summed E-state index contributed by atoms with van der Waals surface area (Å²) in [5.41, 5.74) is -0.0460. The molecule has 1 aliphatic carbocycles. The zero-order valence-corrected chi connectivity index (χ0v) is 15.6. The van der Waals surface area contributed by atoms with Crippen LogP contribution in [0.5, 0.6) is 0 Å². The predicted octanol–water partition coefficient (Wildman–Crippen LogP) is 4.35. The molecule has 2 rings (SSSR count). The van der Waals surface area contributed by atoms with Crippen LogP contribution < -0.4 is 10.6 Å². The van der Waals surface area contributed by atoms with Crippen LogP contribution in [0.15, 0.2) is 29.3 Å². The molecule has 0 amide bonds. The Labute approximate surface area is 152 Å². The second-order valence-electron chi connectivity index (χ2n) is 5.72. The minimum absolute atomic E-state index is 0. The number of hydrogen-bond donors (Lipinski definition) is 2. The zero-order valence-electron chi connectivity index (χ0n) is 13.3. The van der Waals surface area contributed by atoms with Crippen LogP contribution in [0.25, 0.3) is 0 Å². The van der Waals surface area contributed by atoms with Gasteiger partial charge in [-0.15, -0.1) is 24.0 Å². The number of nitrogens with one attached hydrogen (secondary N) is 2. The monoisotopic (exact) mass is 441 g/mol. The molecule has 0 aliphatic heterocycles. The highest BCUT2D eigenvalue weighted by Crippen LogP contribution is 2.32. The number of nitrogens with zero attached hydrogens (tertiary/aromatic N) is 1. The summed E-state index contributed by atoms with van der Waals surface area (Å²) in [4.78, 5) is 4.11. The second kappa shape index (κ2) is 8.75. The summed E-state index contributed by atoms with van der Waals surface area (Å²) < 4.78 is 38.3. The predicted molar refractivity (Wildman–Crippen MR) is 97.1 cm³/mol. The fraction of sp³-hybridized carbons (Fsp3) is 0.562. The summed E-state index contributed by atoms with van der Waals surface area (Å²) in [5, 5.41) is 6.33. The minimum atomic E-state index is -4.32. The number of rotatable bonds is 5. The van der Waals surface area contributed by atoms with Crippen LogP contribution in [0.4, 0.5) is 13.2 Å². The fourth-order valence-electron chi connectivity index (χ4n) is 2.27. The van der Waals surface area contributed by atoms with Crippen LogP contribution >= 0.6 is 24.0 Å². The highest BCUT2D eigenvalue weighted by Gasteiger charge is 2.30. The Morgan fingerprint density at radius 3 is 2.61 bits per heavy atom. The van der Waals surface area contributed by atoms with Gasteiger partial charge in [-0.2, -0.15) is 13.2 Å². The summed E-state index contributed by atoms with van der Waals surface area (Å²) in [7, 11) is 1.66. The van der Waals surface area contributed by atoms with E-state index >= 15 is 0 Å². The lowest BCUT2D eigenvalue weighted by Crippen LogP contribution is -2.39. The van der Waals surface area contributed by atoms with E-state index in [4.69, 9.17) is 0 Å². The van der Waals surface area contributed by atoms with Gasteiger partial charge in [0, 0.05) is 13.6 Å². The van der Waals surface area contributed by atoms with Gasteiger partial charge >= 0.3 is 6.18 Å². The van der Waals surface area contributed by atoms with Gasteiger partial charge in [-0.05, 0) is 37.0 Å². The third-order valence-electron chi connectivity index (χ3n) is 3.83. The largest absolute Gasteiger partial charge is 0.416 e. The van der Waals surface area contributed by atoms with Crippen molar-refractivity contribution in [2.45, 2.75) is 38.4 Å². The first-order valence-corrected chi connectivity index (χ1v) is 7.54. The molecule has 0 heterocycles. The molecule has 1 aromatic rings. The van der Waals surface area contributed by atoms with Gasteiger partial charge in [0.1, 0.15) is 0 Å². The highest BCUT2D eigenvalue weighted by molar-refractivity contribution is 14.0. The van der Waals surface area contributed by atoms with Gasteiger partial charge in [0.25, 0.3) is 0 Å². The molecule has 2 N–H and O–H groups in total. The van der Waals surface area contributed by atoms with E-state index in [2.05, 4.69) is 15.6 Å². The van der Waals surface area contributed by atoms with E-state index in [0.717, 1.165) is 24.9 Å². The van der Waals surface area contributed by atoms with Crippen molar-refractivity contribution in [2.24, 2.45) is 10.9 Å². The van der Waals surface area contributed by atoms with E-state index in [1.54, 1.807) is 13.1 Å². The normalized spacial score (nSPS) is 16.5. The highest BCUT2D eigenvalue weighted by atomic mass is 127. The molecule has 1 saturated carbocycles. The Morgan fingerprint density at radius 1 is 1.35 bits per heavy atom. The topological polar surface area (TPSA) is 36.4 Å². The van der Waals surface area contributed by atoms with E-state index in [0.29, 0.717) is 11.5 Å². The van der Waals surface area contributed by atoms with Crippen LogP contribution in [0, 0.1) is 5.92 Å². The van der Waals surface area contributed by atoms with E-state index in [1.807, 2.05) is 6.92 Å². The molecule has 1 unspecified atom stereocenters. The molecule has 0 bridgehead atoms. The van der Waals surface area contributed by atoms with Crippen molar-refractivity contribution < 1.29 is 13.2 Å². The number of benzene rings is 1. The molecule has 1 aliphatic rings. The number of hydrogen-bond acceptors (Lipinski definition) is 1. The Morgan fingerprint density at radius 2 is 2.04 bits per heavy atom. The summed E-state index contributed by atoms with van der Waals surface area (Å²) in [6.45, 7) is 2.66. The molecule has 7 heteroatoms. The molecule has 23 heavy (non-hydrogen) atoms. The van der Waals surface area contributed by atoms with E-state index < -0.39 is 11.7 Å². The van der Waals surface area contributed by atoms with Crippen molar-refractivity contribution in [3.8, 4) is 0 Å². The van der Waals surface area contributed by atoms with Crippen molar-refractivity contribution in [3.05, 3.63) is 35.4 Å². The molecule has 0 aromatic heterocycles. The SMILES string of the molecule is CN=C(NCCC1CC1)NC(C)c1cccc(C(F)(F)F)c1.I. The Balaban J connectivity index is 0.00000264. The van der Waals surface area contributed by atoms with Crippen LogP contribution in [-0.2, 0) is 6.18 Å². The Kier molecular flexibility index (Phi) is 7.63. The van der Waals surface area contributed by atoms with Crippen molar-refractivity contribution in [1.29, 1.82) is 0 Å². The van der Waals surface area contributed by atoms with Gasteiger partial charge in [-0.25, -0.2) is 0 Å². The third kappa shape index (κ3) is 6.56. The first-order valence-electron chi connectivity index (χ1n) is 7.54. The lowest BCUT2D eigenvalue weighted by molar-refractivity contribution is -0.137. The molecule has 1 atom stereocenters. The molecule has 1 aromatic carbocycles. The van der Waals surface area contributed by atoms with E-state index in [1.165, 1.54) is 25.0 Å². The second-order valence-corrected chi connectivity index (χ2v) is 5.72. The first-order chi connectivity index (χ1) is 10.4. The Hall–Kier alpha value is -0.990. The smallest absolute Gasteiger partial charge is 0.356 e. The van der Waals surface area contributed by atoms with Gasteiger partial charge < -0.3 is 10.6 Å². The summed E-state index contributed by atoms with van der Waals surface area (Å²) in [6, 6.07) is 5.12. The van der Waals surface area contributed by atoms with Gasteiger partial charge in [0.2, 0.25) is 0 Å².